The summed E-state index contributed by atoms with van der Waals surface area (Å²) in [5.74, 6) is -0.444. The Morgan fingerprint density at radius 3 is 2.40 bits per heavy atom. The fourth-order valence-electron chi connectivity index (χ4n) is 2.41. The van der Waals surface area contributed by atoms with Gasteiger partial charge in [0.25, 0.3) is 0 Å². The first-order chi connectivity index (χ1) is 9.46. The Morgan fingerprint density at radius 2 is 1.95 bits per heavy atom. The number of esters is 1. The van der Waals surface area contributed by atoms with Crippen molar-refractivity contribution >= 4 is 11.9 Å². The lowest BCUT2D eigenvalue weighted by Gasteiger charge is -2.40. The van der Waals surface area contributed by atoms with E-state index in [4.69, 9.17) is 15.2 Å². The Morgan fingerprint density at radius 1 is 1.35 bits per heavy atom. The summed E-state index contributed by atoms with van der Waals surface area (Å²) in [6.45, 7) is 7.17. The minimum Gasteiger partial charge on any atom is -0.465 e. The van der Waals surface area contributed by atoms with Crippen LogP contribution in [0.2, 0.25) is 0 Å². The van der Waals surface area contributed by atoms with Gasteiger partial charge in [0.15, 0.2) is 0 Å². The molecule has 6 nitrogen and oxygen atoms in total. The molecule has 0 aliphatic carbocycles. The number of nitrogens with zero attached hydrogens (tertiary/aromatic N) is 1. The molecule has 1 saturated heterocycles. The maximum absolute atomic E-state index is 12.8. The lowest BCUT2D eigenvalue weighted by Crippen LogP contribution is -2.54. The van der Waals surface area contributed by atoms with Gasteiger partial charge in [-0.05, 0) is 33.6 Å². The zero-order chi connectivity index (χ0) is 15.2. The Bertz CT molecular complexity index is 338. The van der Waals surface area contributed by atoms with E-state index >= 15 is 0 Å². The highest BCUT2D eigenvalue weighted by atomic mass is 16.5. The number of carbonyl (C=O) groups excluding carboxylic acids is 2. The van der Waals surface area contributed by atoms with Crippen molar-refractivity contribution in [2.24, 2.45) is 11.1 Å². The molecular weight excluding hydrogens is 260 g/mol. The summed E-state index contributed by atoms with van der Waals surface area (Å²) in [5, 5.41) is 0. The van der Waals surface area contributed by atoms with E-state index in [1.807, 2.05) is 13.8 Å². The van der Waals surface area contributed by atoms with Crippen molar-refractivity contribution in [2.45, 2.75) is 39.7 Å². The highest BCUT2D eigenvalue weighted by molar-refractivity contribution is 5.87. The second kappa shape index (κ2) is 7.59. The lowest BCUT2D eigenvalue weighted by molar-refractivity contribution is -0.157. The van der Waals surface area contributed by atoms with Gasteiger partial charge in [-0.2, -0.15) is 0 Å². The van der Waals surface area contributed by atoms with E-state index in [0.29, 0.717) is 32.7 Å². The molecule has 1 fully saturated rings. The lowest BCUT2D eigenvalue weighted by atomic mass is 9.78. The van der Waals surface area contributed by atoms with Crippen LogP contribution in [0.4, 0.5) is 0 Å². The first-order valence-electron chi connectivity index (χ1n) is 7.21. The molecule has 6 heteroatoms. The predicted octanol–water partition coefficient (Wildman–Crippen LogP) is 0.542. The number of amides is 1. The van der Waals surface area contributed by atoms with Crippen LogP contribution in [0.25, 0.3) is 0 Å². The van der Waals surface area contributed by atoms with Gasteiger partial charge in [0.1, 0.15) is 6.54 Å². The van der Waals surface area contributed by atoms with Crippen LogP contribution in [-0.4, -0.2) is 55.7 Å². The summed E-state index contributed by atoms with van der Waals surface area (Å²) in [6, 6.07) is -0.0711. The summed E-state index contributed by atoms with van der Waals surface area (Å²) in [4.78, 5) is 26.0. The van der Waals surface area contributed by atoms with E-state index in [-0.39, 0.29) is 31.0 Å². The van der Waals surface area contributed by atoms with Crippen LogP contribution in [-0.2, 0) is 19.1 Å². The Hall–Kier alpha value is -1.14. The normalized spacial score (nSPS) is 17.9. The minimum absolute atomic E-state index is 0.0209. The van der Waals surface area contributed by atoms with Gasteiger partial charge < -0.3 is 20.1 Å². The molecule has 2 N–H and O–H groups in total. The van der Waals surface area contributed by atoms with Crippen LogP contribution in [0.3, 0.4) is 0 Å². The Balaban J connectivity index is 2.83. The number of rotatable bonds is 6. The van der Waals surface area contributed by atoms with Crippen LogP contribution < -0.4 is 5.73 Å². The fourth-order valence-corrected chi connectivity index (χ4v) is 2.41. The maximum atomic E-state index is 12.8. The Kier molecular flexibility index (Phi) is 6.42. The first-order valence-corrected chi connectivity index (χ1v) is 7.21. The third kappa shape index (κ3) is 3.93. The van der Waals surface area contributed by atoms with Crippen molar-refractivity contribution in [2.75, 3.05) is 32.9 Å². The smallest absolute Gasteiger partial charge is 0.325 e. The van der Waals surface area contributed by atoms with Gasteiger partial charge in [0.05, 0.1) is 12.0 Å². The van der Waals surface area contributed by atoms with Gasteiger partial charge in [-0.15, -0.1) is 0 Å². The molecule has 0 radical (unpaired) electrons. The largest absolute Gasteiger partial charge is 0.465 e. The van der Waals surface area contributed by atoms with Gasteiger partial charge in [0.2, 0.25) is 5.91 Å². The second-order valence-electron chi connectivity index (χ2n) is 5.43. The summed E-state index contributed by atoms with van der Waals surface area (Å²) < 4.78 is 10.3. The SMILES string of the molecule is CCOC(=O)CN(C(=O)C1(CN)CCOCC1)C(C)C. The predicted molar refractivity (Wildman–Crippen MR) is 75.0 cm³/mol. The minimum atomic E-state index is -0.602. The molecule has 20 heavy (non-hydrogen) atoms. The summed E-state index contributed by atoms with van der Waals surface area (Å²) in [6.07, 6.45) is 1.21. The van der Waals surface area contributed by atoms with Crippen LogP contribution in [0.5, 0.6) is 0 Å². The maximum Gasteiger partial charge on any atom is 0.325 e. The van der Waals surface area contributed by atoms with Crippen LogP contribution in [0.1, 0.15) is 33.6 Å². The van der Waals surface area contributed by atoms with Crippen molar-refractivity contribution in [3.63, 3.8) is 0 Å². The number of hydrogen-bond donors (Lipinski definition) is 1. The standard InChI is InChI=1S/C14H26N2O4/c1-4-20-12(17)9-16(11(2)3)13(18)14(10-15)5-7-19-8-6-14/h11H,4-10,15H2,1-3H3. The van der Waals surface area contributed by atoms with Crippen molar-refractivity contribution in [1.29, 1.82) is 0 Å². The average Bonchev–Trinajstić information content (AvgIpc) is 2.44. The highest BCUT2D eigenvalue weighted by Crippen LogP contribution is 2.32. The molecule has 1 aliphatic heterocycles. The fraction of sp³-hybridized carbons (Fsp3) is 0.857. The van der Waals surface area contributed by atoms with E-state index in [9.17, 15) is 9.59 Å². The van der Waals surface area contributed by atoms with Crippen LogP contribution in [0.15, 0.2) is 0 Å². The molecule has 0 spiro atoms. The topological polar surface area (TPSA) is 81.9 Å². The summed E-state index contributed by atoms with van der Waals surface area (Å²) in [5.41, 5.74) is 5.25. The highest BCUT2D eigenvalue weighted by Gasteiger charge is 2.42. The number of ether oxygens (including phenoxy) is 2. The molecule has 0 bridgehead atoms. The van der Waals surface area contributed by atoms with Crippen molar-refractivity contribution in [1.82, 2.24) is 4.90 Å². The van der Waals surface area contributed by atoms with E-state index < -0.39 is 5.41 Å². The Labute approximate surface area is 120 Å². The zero-order valence-electron chi connectivity index (χ0n) is 12.7. The molecule has 1 aliphatic rings. The molecule has 0 aromatic heterocycles. The first kappa shape index (κ1) is 16.9. The van der Waals surface area contributed by atoms with Gasteiger partial charge in [-0.3, -0.25) is 9.59 Å². The van der Waals surface area contributed by atoms with Gasteiger partial charge in [-0.1, -0.05) is 0 Å². The van der Waals surface area contributed by atoms with Crippen LogP contribution in [0, 0.1) is 5.41 Å². The molecule has 116 valence electrons. The molecular formula is C14H26N2O4. The quantitative estimate of drug-likeness (QED) is 0.721. The monoisotopic (exact) mass is 286 g/mol. The second-order valence-corrected chi connectivity index (χ2v) is 5.43. The molecule has 0 unspecified atom stereocenters. The van der Waals surface area contributed by atoms with E-state index in [2.05, 4.69) is 0 Å². The third-order valence-electron chi connectivity index (χ3n) is 3.78. The summed E-state index contributed by atoms with van der Waals surface area (Å²) in [7, 11) is 0. The molecule has 0 aromatic carbocycles. The van der Waals surface area contributed by atoms with E-state index in [1.54, 1.807) is 11.8 Å². The zero-order valence-corrected chi connectivity index (χ0v) is 12.7. The molecule has 1 rings (SSSR count). The van der Waals surface area contributed by atoms with Crippen molar-refractivity contribution in [3.8, 4) is 0 Å². The van der Waals surface area contributed by atoms with Gasteiger partial charge in [-0.25, -0.2) is 0 Å². The number of hydrogen-bond acceptors (Lipinski definition) is 5. The molecule has 0 saturated carbocycles. The van der Waals surface area contributed by atoms with Crippen LogP contribution >= 0.6 is 0 Å². The molecule has 1 amide bonds. The third-order valence-corrected chi connectivity index (χ3v) is 3.78. The number of nitrogens with two attached hydrogens (primary N) is 1. The summed E-state index contributed by atoms with van der Waals surface area (Å²) >= 11 is 0. The van der Waals surface area contributed by atoms with E-state index in [1.165, 1.54) is 0 Å². The molecule has 0 atom stereocenters. The number of carbonyl (C=O) groups is 2. The van der Waals surface area contributed by atoms with Gasteiger partial charge >= 0.3 is 5.97 Å². The molecule has 0 aromatic rings. The molecule has 1 heterocycles. The van der Waals surface area contributed by atoms with Crippen molar-refractivity contribution in [3.05, 3.63) is 0 Å². The van der Waals surface area contributed by atoms with Gasteiger partial charge in [0, 0.05) is 25.8 Å². The van der Waals surface area contributed by atoms with E-state index in [0.717, 1.165) is 0 Å². The average molecular weight is 286 g/mol. The van der Waals surface area contributed by atoms with Crippen molar-refractivity contribution < 1.29 is 19.1 Å².